The summed E-state index contributed by atoms with van der Waals surface area (Å²) in [6, 6.07) is 10.9. The minimum atomic E-state index is -4.49. The van der Waals surface area contributed by atoms with Crippen LogP contribution < -0.4 is 33.2 Å². The van der Waals surface area contributed by atoms with E-state index < -0.39 is 23.7 Å². The summed E-state index contributed by atoms with van der Waals surface area (Å²) in [5, 5.41) is 10.0. The molecule has 0 saturated heterocycles. The van der Waals surface area contributed by atoms with Crippen LogP contribution in [0.3, 0.4) is 0 Å². The van der Waals surface area contributed by atoms with E-state index in [9.17, 15) is 26.3 Å². The Kier molecular flexibility index (Phi) is 22.5. The number of fused-ring (bicyclic) bond motifs is 2. The molecule has 5 aromatic rings. The summed E-state index contributed by atoms with van der Waals surface area (Å²) < 4.78 is 80.6. The third kappa shape index (κ3) is 17.1. The molecule has 0 radical (unpaired) electrons. The molecule has 0 aliphatic heterocycles. The monoisotopic (exact) mass is 966 g/mol. The number of hydrogen-bond donors (Lipinski definition) is 7. The second-order valence-corrected chi connectivity index (χ2v) is 16.4. The highest BCUT2D eigenvalue weighted by Crippen LogP contribution is 2.32. The highest BCUT2D eigenvalue weighted by molar-refractivity contribution is 6.13. The molecule has 10 N–H and O–H groups in total. The third-order valence-electron chi connectivity index (χ3n) is 10.8. The summed E-state index contributed by atoms with van der Waals surface area (Å²) in [7, 11) is 3.46. The van der Waals surface area contributed by atoms with Gasteiger partial charge in [0.05, 0.1) is 17.7 Å². The second kappa shape index (κ2) is 27.4. The van der Waals surface area contributed by atoms with Gasteiger partial charge in [0.25, 0.3) is 0 Å². The van der Waals surface area contributed by atoms with Gasteiger partial charge in [0, 0.05) is 36.7 Å². The van der Waals surface area contributed by atoms with E-state index in [1.54, 1.807) is 61.1 Å². The van der Waals surface area contributed by atoms with Crippen molar-refractivity contribution < 1.29 is 26.3 Å². The molecule has 0 bridgehead atoms. The van der Waals surface area contributed by atoms with Crippen molar-refractivity contribution in [3.63, 3.8) is 0 Å². The van der Waals surface area contributed by atoms with Crippen molar-refractivity contribution >= 4 is 40.0 Å². The van der Waals surface area contributed by atoms with E-state index in [-0.39, 0.29) is 17.7 Å². The molecule has 0 spiro atoms. The van der Waals surface area contributed by atoms with Crippen molar-refractivity contribution in [2.45, 2.75) is 110 Å². The number of imidazole rings is 3. The molecular formula is C50H69F6N13. The fourth-order valence-electron chi connectivity index (χ4n) is 7.47. The van der Waals surface area contributed by atoms with E-state index in [0.29, 0.717) is 52.8 Å². The smallest absolute Gasteiger partial charge is 0.405 e. The summed E-state index contributed by atoms with van der Waals surface area (Å²) in [6.07, 6.45) is 12.5. The number of nitrogen functional groups attached to an aromatic ring is 1. The standard InChI is InChI=1S/C24H30F3N5.C15H19F3N4.C10H15N3.CH5N/c1-5-8-19(12-11-17(3)23(29-15-6-2)18(4)13-14-28)30-21-9-7-10-22-31-20(16-32(21)22)24(25,26)27;1-19-10-5-7-11(8-6-10)20-13-3-2-4-14-21-12(9-22(13)14)15(16,17)18;1-4-8(5-7(2)3)9-10(11)13-6-12-9;1-2/h6-7,9-10,13-16,19,30H,3-5,8,11-12,28H2,1-2H3;2-4,9-11,19-20H,5-8H2,1H3;4-7H,1,11H2,2-3H3,(H,12,13);2H2,1H3/b14-13-,15-6-,29-23?;;8-5-;. The SMILES string of the molecule is C=C(/C=C\N)C(=N/C=C\C)C(=C)CCC(CCC)Nc1cccc2nc(C(F)(F)F)cn12.C=C/C(=C/C(C)C)c1[nH]cnc1N.CN.CNC1CCC(Nc2cccc3nc(C(F)(F)F)cn23)CC1. The topological polar surface area (TPSA) is 190 Å². The molecule has 13 nitrogen and oxygen atoms in total. The zero-order chi connectivity index (χ0) is 51.3. The Morgan fingerprint density at radius 1 is 0.913 bits per heavy atom. The highest BCUT2D eigenvalue weighted by atomic mass is 19.4. The number of alkyl halides is 6. The van der Waals surface area contributed by atoms with Gasteiger partial charge in [0.1, 0.15) is 28.7 Å². The van der Waals surface area contributed by atoms with Gasteiger partial charge in [-0.25, -0.2) is 15.0 Å². The maximum atomic E-state index is 13.1. The van der Waals surface area contributed by atoms with Crippen molar-refractivity contribution in [2.75, 3.05) is 30.5 Å². The summed E-state index contributed by atoms with van der Waals surface area (Å²) in [5.74, 6) is 2.21. The minimum absolute atomic E-state index is 0.0281. The van der Waals surface area contributed by atoms with Crippen molar-refractivity contribution in [1.29, 1.82) is 0 Å². The number of rotatable bonds is 17. The number of nitrogens with one attached hydrogen (secondary N) is 4. The summed E-state index contributed by atoms with van der Waals surface area (Å²) >= 11 is 0. The van der Waals surface area contributed by atoms with Gasteiger partial charge in [0.2, 0.25) is 0 Å². The molecule has 69 heavy (non-hydrogen) atoms. The van der Waals surface area contributed by atoms with Crippen LogP contribution in [0.1, 0.15) is 96.1 Å². The quantitative estimate of drug-likeness (QED) is 0.0270. The number of anilines is 3. The summed E-state index contributed by atoms with van der Waals surface area (Å²) in [6.45, 7) is 20.0. The van der Waals surface area contributed by atoms with Crippen LogP contribution in [-0.4, -0.2) is 66.7 Å². The maximum Gasteiger partial charge on any atom is 0.434 e. The zero-order valence-corrected chi connectivity index (χ0v) is 40.4. The van der Waals surface area contributed by atoms with E-state index in [2.05, 4.69) is 93.2 Å². The van der Waals surface area contributed by atoms with Crippen LogP contribution in [0.15, 0.2) is 128 Å². The van der Waals surface area contributed by atoms with Gasteiger partial charge in [-0.15, -0.1) is 0 Å². The fraction of sp³-hybridized carbons (Fsp3) is 0.400. The number of allylic oxidation sites excluding steroid dienone is 7. The number of pyridine rings is 2. The molecule has 0 amide bonds. The van der Waals surface area contributed by atoms with Gasteiger partial charge < -0.3 is 38.1 Å². The van der Waals surface area contributed by atoms with Crippen molar-refractivity contribution in [2.24, 2.45) is 22.4 Å². The molecule has 1 atom stereocenters. The van der Waals surface area contributed by atoms with Gasteiger partial charge in [-0.05, 0) is 125 Å². The number of H-pyrrole nitrogens is 1. The molecule has 1 aliphatic rings. The predicted octanol–water partition coefficient (Wildman–Crippen LogP) is 11.4. The van der Waals surface area contributed by atoms with E-state index in [1.165, 1.54) is 22.0 Å². The number of hydrogen-bond acceptors (Lipinski definition) is 10. The first kappa shape index (κ1) is 56.7. The lowest BCUT2D eigenvalue weighted by Crippen LogP contribution is -2.35. The normalized spacial score (nSPS) is 16.1. The van der Waals surface area contributed by atoms with Crippen LogP contribution in [0.4, 0.5) is 43.8 Å². The van der Waals surface area contributed by atoms with Gasteiger partial charge in [-0.2, -0.15) is 26.3 Å². The van der Waals surface area contributed by atoms with Gasteiger partial charge in [-0.1, -0.05) is 77.3 Å². The van der Waals surface area contributed by atoms with Crippen molar-refractivity contribution in [1.82, 2.24) is 34.1 Å². The molecule has 1 saturated carbocycles. The molecule has 19 heteroatoms. The van der Waals surface area contributed by atoms with Crippen LogP contribution in [-0.2, 0) is 12.4 Å². The van der Waals surface area contributed by atoms with E-state index in [4.69, 9.17) is 11.5 Å². The van der Waals surface area contributed by atoms with Crippen LogP contribution in [0.5, 0.6) is 0 Å². The average Bonchev–Trinajstić information content (AvgIpc) is 4.09. The van der Waals surface area contributed by atoms with Crippen LogP contribution >= 0.6 is 0 Å². The van der Waals surface area contributed by atoms with Crippen molar-refractivity contribution in [3.8, 4) is 0 Å². The van der Waals surface area contributed by atoms with Gasteiger partial charge >= 0.3 is 12.4 Å². The first-order valence-electron chi connectivity index (χ1n) is 22.8. The molecule has 1 unspecified atom stereocenters. The molecule has 1 fully saturated rings. The molecular weight excluding hydrogens is 897 g/mol. The van der Waals surface area contributed by atoms with Crippen LogP contribution in [0.2, 0.25) is 0 Å². The fourth-order valence-corrected chi connectivity index (χ4v) is 7.47. The van der Waals surface area contributed by atoms with Crippen molar-refractivity contribution in [3.05, 3.63) is 140 Å². The molecule has 5 aromatic heterocycles. The largest absolute Gasteiger partial charge is 0.434 e. The number of halogens is 6. The van der Waals surface area contributed by atoms with Crippen LogP contribution in [0.25, 0.3) is 16.9 Å². The second-order valence-electron chi connectivity index (χ2n) is 16.4. The summed E-state index contributed by atoms with van der Waals surface area (Å²) in [4.78, 5) is 18.7. The molecule has 6 rings (SSSR count). The van der Waals surface area contributed by atoms with E-state index >= 15 is 0 Å². The highest BCUT2D eigenvalue weighted by Gasteiger charge is 2.35. The minimum Gasteiger partial charge on any atom is -0.405 e. The van der Waals surface area contributed by atoms with E-state index in [0.717, 1.165) is 74.2 Å². The number of aliphatic imine (C=N–C) groups is 1. The Bertz CT molecular complexity index is 2510. The Morgan fingerprint density at radius 2 is 1.48 bits per heavy atom. The number of nitrogens with two attached hydrogens (primary N) is 3. The van der Waals surface area contributed by atoms with Gasteiger partial charge in [0.15, 0.2) is 11.4 Å². The Hall–Kier alpha value is -6.60. The Labute approximate surface area is 401 Å². The molecule has 0 aromatic carbocycles. The molecule has 376 valence electrons. The number of aromatic amines is 1. The third-order valence-corrected chi connectivity index (χ3v) is 10.8. The maximum absolute atomic E-state index is 13.1. The number of nitrogens with zero attached hydrogens (tertiary/aromatic N) is 6. The van der Waals surface area contributed by atoms with E-state index in [1.807, 2.05) is 20.0 Å². The predicted molar refractivity (Wildman–Crippen MR) is 271 cm³/mol. The molecule has 5 heterocycles. The first-order valence-corrected chi connectivity index (χ1v) is 22.8. The molecule has 1 aliphatic carbocycles. The van der Waals surface area contributed by atoms with Gasteiger partial charge in [-0.3, -0.25) is 13.8 Å². The zero-order valence-electron chi connectivity index (χ0n) is 40.4. The first-order chi connectivity index (χ1) is 32.8. The average molecular weight is 966 g/mol. The van der Waals surface area contributed by atoms with Crippen LogP contribution in [0, 0.1) is 5.92 Å². The lowest BCUT2D eigenvalue weighted by molar-refractivity contribution is -0.141. The number of aromatic nitrogens is 6. The Balaban J connectivity index is 0.000000293. The Morgan fingerprint density at radius 3 is 1.96 bits per heavy atom. The summed E-state index contributed by atoms with van der Waals surface area (Å²) in [5.41, 5.74) is 18.4. The lowest BCUT2D eigenvalue weighted by atomic mass is 9.91. The lowest BCUT2D eigenvalue weighted by Gasteiger charge is -2.29.